The fraction of sp³-hybridized carbons (Fsp3) is 0.438. The minimum absolute atomic E-state index is 0.0598. The highest BCUT2D eigenvalue weighted by atomic mass is 35.5. The number of thiazole rings is 1. The van der Waals surface area contributed by atoms with Crippen molar-refractivity contribution >= 4 is 22.9 Å². The molecule has 0 amide bonds. The van der Waals surface area contributed by atoms with Gasteiger partial charge < -0.3 is 10.4 Å². The first-order valence-corrected chi connectivity index (χ1v) is 8.34. The number of hydrogen-bond donors (Lipinski definition) is 2. The van der Waals surface area contributed by atoms with Crippen molar-refractivity contribution in [3.05, 3.63) is 50.9 Å². The Morgan fingerprint density at radius 1 is 1.24 bits per heavy atom. The molecular formula is C16H21ClN2OS. The molecule has 0 bridgehead atoms. The Hall–Kier alpha value is -0.940. The lowest BCUT2D eigenvalue weighted by Crippen LogP contribution is -2.31. The normalized spacial score (nSPS) is 14.4. The van der Waals surface area contributed by atoms with E-state index >= 15 is 0 Å². The summed E-state index contributed by atoms with van der Waals surface area (Å²) in [6.07, 6.45) is -0.564. The van der Waals surface area contributed by atoms with Gasteiger partial charge in [-0.15, -0.1) is 11.3 Å². The molecule has 5 heteroatoms. The van der Waals surface area contributed by atoms with Gasteiger partial charge in [-0.2, -0.15) is 0 Å². The second-order valence-electron chi connectivity index (χ2n) is 5.50. The van der Waals surface area contributed by atoms with Crippen molar-refractivity contribution < 1.29 is 5.11 Å². The Kier molecular flexibility index (Phi) is 5.76. The van der Waals surface area contributed by atoms with E-state index in [0.29, 0.717) is 17.5 Å². The summed E-state index contributed by atoms with van der Waals surface area (Å²) in [7, 11) is 0. The van der Waals surface area contributed by atoms with E-state index in [1.54, 1.807) is 23.5 Å². The molecular weight excluding hydrogens is 304 g/mol. The molecule has 0 saturated heterocycles. The molecule has 21 heavy (non-hydrogen) atoms. The average Bonchev–Trinajstić information content (AvgIpc) is 2.94. The smallest absolute Gasteiger partial charge is 0.0954 e. The molecule has 0 radical (unpaired) electrons. The number of hydrogen-bond acceptors (Lipinski definition) is 4. The standard InChI is InChI=1S/C16H21ClN2OS/c1-10(2)16-19-14(9-21-16)8-18-11(3)15(20)12-4-6-13(17)7-5-12/h4-7,9-11,15,18,20H,8H2,1-3H3. The third-order valence-electron chi connectivity index (χ3n) is 3.35. The van der Waals surface area contributed by atoms with Crippen LogP contribution in [0.5, 0.6) is 0 Å². The van der Waals surface area contributed by atoms with Gasteiger partial charge in [0.2, 0.25) is 0 Å². The van der Waals surface area contributed by atoms with Crippen molar-refractivity contribution in [3.8, 4) is 0 Å². The summed E-state index contributed by atoms with van der Waals surface area (Å²) in [5, 5.41) is 17.6. The molecule has 0 aliphatic heterocycles. The molecule has 1 aromatic heterocycles. The quantitative estimate of drug-likeness (QED) is 0.839. The molecule has 0 aliphatic carbocycles. The first-order valence-electron chi connectivity index (χ1n) is 7.08. The average molecular weight is 325 g/mol. The van der Waals surface area contributed by atoms with E-state index in [1.165, 1.54) is 0 Å². The number of benzene rings is 1. The molecule has 2 rings (SSSR count). The van der Waals surface area contributed by atoms with Crippen LogP contribution in [0.4, 0.5) is 0 Å². The molecule has 114 valence electrons. The van der Waals surface area contributed by atoms with Crippen LogP contribution in [-0.2, 0) is 6.54 Å². The van der Waals surface area contributed by atoms with E-state index in [0.717, 1.165) is 16.3 Å². The van der Waals surface area contributed by atoms with Crippen molar-refractivity contribution in [1.29, 1.82) is 0 Å². The van der Waals surface area contributed by atoms with Crippen LogP contribution >= 0.6 is 22.9 Å². The molecule has 0 saturated carbocycles. The zero-order valence-corrected chi connectivity index (χ0v) is 14.1. The van der Waals surface area contributed by atoms with Gasteiger partial charge >= 0.3 is 0 Å². The van der Waals surface area contributed by atoms with E-state index in [-0.39, 0.29) is 6.04 Å². The summed E-state index contributed by atoms with van der Waals surface area (Å²) in [4.78, 5) is 4.58. The van der Waals surface area contributed by atoms with Crippen molar-refractivity contribution in [3.63, 3.8) is 0 Å². The van der Waals surface area contributed by atoms with Gasteiger partial charge in [0.1, 0.15) is 0 Å². The summed E-state index contributed by atoms with van der Waals surface area (Å²) in [5.41, 5.74) is 1.89. The van der Waals surface area contributed by atoms with Crippen LogP contribution in [0.1, 0.15) is 49.1 Å². The lowest BCUT2D eigenvalue weighted by molar-refractivity contribution is 0.135. The summed E-state index contributed by atoms with van der Waals surface area (Å²) in [6.45, 7) is 6.91. The van der Waals surface area contributed by atoms with Gasteiger partial charge in [0.05, 0.1) is 16.8 Å². The summed E-state index contributed by atoms with van der Waals surface area (Å²) in [5.74, 6) is 0.459. The number of nitrogens with zero attached hydrogens (tertiary/aromatic N) is 1. The van der Waals surface area contributed by atoms with Crippen LogP contribution in [0, 0.1) is 0 Å². The molecule has 2 N–H and O–H groups in total. The van der Waals surface area contributed by atoms with E-state index in [9.17, 15) is 5.11 Å². The monoisotopic (exact) mass is 324 g/mol. The predicted octanol–water partition coefficient (Wildman–Crippen LogP) is 4.13. The molecule has 1 aromatic carbocycles. The minimum atomic E-state index is -0.564. The maximum absolute atomic E-state index is 10.3. The highest BCUT2D eigenvalue weighted by Gasteiger charge is 2.16. The second kappa shape index (κ2) is 7.36. The van der Waals surface area contributed by atoms with Crippen molar-refractivity contribution in [2.45, 2.75) is 45.4 Å². The molecule has 2 aromatic rings. The largest absolute Gasteiger partial charge is 0.387 e. The fourth-order valence-corrected chi connectivity index (χ4v) is 2.96. The van der Waals surface area contributed by atoms with Crippen molar-refractivity contribution in [1.82, 2.24) is 10.3 Å². The van der Waals surface area contributed by atoms with Gasteiger partial charge in [-0.1, -0.05) is 37.6 Å². The van der Waals surface area contributed by atoms with Crippen LogP contribution in [0.15, 0.2) is 29.6 Å². The van der Waals surface area contributed by atoms with Crippen LogP contribution in [0.2, 0.25) is 5.02 Å². The van der Waals surface area contributed by atoms with Crippen molar-refractivity contribution in [2.24, 2.45) is 0 Å². The Balaban J connectivity index is 1.91. The van der Waals surface area contributed by atoms with E-state index < -0.39 is 6.10 Å². The van der Waals surface area contributed by atoms with E-state index in [4.69, 9.17) is 11.6 Å². The van der Waals surface area contributed by atoms with E-state index in [2.05, 4.69) is 29.5 Å². The Morgan fingerprint density at radius 2 is 1.90 bits per heavy atom. The Bertz CT molecular complexity index is 568. The number of halogens is 1. The Morgan fingerprint density at radius 3 is 2.48 bits per heavy atom. The van der Waals surface area contributed by atoms with Crippen molar-refractivity contribution in [2.75, 3.05) is 0 Å². The number of aliphatic hydroxyl groups is 1. The van der Waals surface area contributed by atoms with Crippen LogP contribution in [0.3, 0.4) is 0 Å². The lowest BCUT2D eigenvalue weighted by atomic mass is 10.0. The van der Waals surface area contributed by atoms with E-state index in [1.807, 2.05) is 19.1 Å². The maximum atomic E-state index is 10.3. The Labute approximate surface area is 135 Å². The van der Waals surface area contributed by atoms with Crippen LogP contribution in [-0.4, -0.2) is 16.1 Å². The summed E-state index contributed by atoms with van der Waals surface area (Å²) >= 11 is 7.55. The zero-order valence-electron chi connectivity index (χ0n) is 12.5. The van der Waals surface area contributed by atoms with Gasteiger partial charge in [0.15, 0.2) is 0 Å². The van der Waals surface area contributed by atoms with Crippen LogP contribution in [0.25, 0.3) is 0 Å². The lowest BCUT2D eigenvalue weighted by Gasteiger charge is -2.20. The van der Waals surface area contributed by atoms with Crippen LogP contribution < -0.4 is 5.32 Å². The first kappa shape index (κ1) is 16.4. The molecule has 0 fully saturated rings. The van der Waals surface area contributed by atoms with Gasteiger partial charge in [-0.25, -0.2) is 4.98 Å². The third kappa shape index (κ3) is 4.51. The van der Waals surface area contributed by atoms with Gasteiger partial charge in [0.25, 0.3) is 0 Å². The molecule has 3 nitrogen and oxygen atoms in total. The number of aliphatic hydroxyl groups excluding tert-OH is 1. The molecule has 2 unspecified atom stereocenters. The highest BCUT2D eigenvalue weighted by molar-refractivity contribution is 7.09. The number of nitrogens with one attached hydrogen (secondary N) is 1. The number of rotatable bonds is 6. The fourth-order valence-electron chi connectivity index (χ4n) is 1.99. The summed E-state index contributed by atoms with van der Waals surface area (Å²) < 4.78 is 0. The number of aromatic nitrogens is 1. The second-order valence-corrected chi connectivity index (χ2v) is 6.82. The molecule has 0 spiro atoms. The maximum Gasteiger partial charge on any atom is 0.0954 e. The first-order chi connectivity index (χ1) is 9.97. The SMILES string of the molecule is CC(C)c1nc(CNC(C)C(O)c2ccc(Cl)cc2)cs1. The highest BCUT2D eigenvalue weighted by Crippen LogP contribution is 2.21. The molecule has 2 atom stereocenters. The van der Waals surface area contributed by atoms with Gasteiger partial charge in [-0.05, 0) is 24.6 Å². The third-order valence-corrected chi connectivity index (χ3v) is 4.80. The zero-order chi connectivity index (χ0) is 15.4. The van der Waals surface area contributed by atoms with Gasteiger partial charge in [-0.3, -0.25) is 0 Å². The topological polar surface area (TPSA) is 45.2 Å². The van der Waals surface area contributed by atoms with Gasteiger partial charge in [0, 0.05) is 28.9 Å². The minimum Gasteiger partial charge on any atom is -0.387 e. The molecule has 0 aliphatic rings. The summed E-state index contributed by atoms with van der Waals surface area (Å²) in [6, 6.07) is 7.23. The predicted molar refractivity (Wildman–Crippen MR) is 88.9 cm³/mol. The molecule has 1 heterocycles.